The van der Waals surface area contributed by atoms with Crippen LogP contribution in [0.25, 0.3) is 0 Å². The molecule has 53 heavy (non-hydrogen) atoms. The maximum atomic E-state index is 12.4. The van der Waals surface area contributed by atoms with Gasteiger partial charge in [-0.05, 0) is 50.9 Å². The molecule has 10 heteroatoms. The van der Waals surface area contributed by atoms with Gasteiger partial charge in [0, 0.05) is 12.8 Å². The third-order valence-electron chi connectivity index (χ3n) is 8.29. The fraction of sp³-hybridized carbons (Fsp3) is 0.674. The number of phosphoric ester groups is 1. The van der Waals surface area contributed by atoms with E-state index in [4.69, 9.17) is 19.3 Å². The molecule has 0 aromatic carbocycles. The minimum absolute atomic E-state index is 0.0878. The Morgan fingerprint density at radius 3 is 1.60 bits per heavy atom. The molecule has 304 valence electrons. The molecule has 0 aromatic rings. The highest BCUT2D eigenvalue weighted by atomic mass is 31.2. The molecule has 0 aliphatic carbocycles. The van der Waals surface area contributed by atoms with Crippen LogP contribution in [0.1, 0.15) is 156 Å². The van der Waals surface area contributed by atoms with Crippen molar-refractivity contribution in [2.45, 2.75) is 168 Å². The van der Waals surface area contributed by atoms with Gasteiger partial charge < -0.3 is 24.4 Å². The predicted molar refractivity (Wildman–Crippen MR) is 217 cm³/mol. The first-order valence-electron chi connectivity index (χ1n) is 20.2. The van der Waals surface area contributed by atoms with Gasteiger partial charge in [-0.3, -0.25) is 14.1 Å². The highest BCUT2D eigenvalue weighted by Gasteiger charge is 2.23. The monoisotopic (exact) mass is 764 g/mol. The predicted octanol–water partition coefficient (Wildman–Crippen LogP) is 11.1. The fourth-order valence-electron chi connectivity index (χ4n) is 5.25. The van der Waals surface area contributed by atoms with Gasteiger partial charge in [0.05, 0.1) is 12.7 Å². The summed E-state index contributed by atoms with van der Waals surface area (Å²) < 4.78 is 26.2. The second kappa shape index (κ2) is 36.4. The molecule has 0 saturated carbocycles. The average Bonchev–Trinajstić information content (AvgIpc) is 3.11. The third kappa shape index (κ3) is 40.5. The Bertz CT molecular complexity index is 1120. The van der Waals surface area contributed by atoms with Crippen molar-refractivity contribution in [3.8, 4) is 0 Å². The van der Waals surface area contributed by atoms with E-state index in [1.165, 1.54) is 57.8 Å². The van der Waals surface area contributed by atoms with E-state index < -0.39 is 38.6 Å². The van der Waals surface area contributed by atoms with Crippen LogP contribution in [-0.2, 0) is 28.2 Å². The topological polar surface area (TPSA) is 140 Å². The van der Waals surface area contributed by atoms with Crippen molar-refractivity contribution in [2.24, 2.45) is 5.92 Å². The molecule has 3 N–H and O–H groups in total. The van der Waals surface area contributed by atoms with Crippen molar-refractivity contribution in [3.05, 3.63) is 72.9 Å². The molecule has 9 nitrogen and oxygen atoms in total. The summed E-state index contributed by atoms with van der Waals surface area (Å²) in [7, 11) is -4.82. The minimum atomic E-state index is -4.82. The van der Waals surface area contributed by atoms with Crippen LogP contribution in [0.4, 0.5) is 0 Å². The molecular weight excluding hydrogens is 691 g/mol. The Morgan fingerprint density at radius 1 is 0.604 bits per heavy atom. The van der Waals surface area contributed by atoms with E-state index in [1.54, 1.807) is 12.2 Å². The Labute approximate surface area is 322 Å². The van der Waals surface area contributed by atoms with Crippen LogP contribution in [0.3, 0.4) is 0 Å². The summed E-state index contributed by atoms with van der Waals surface area (Å²) in [6.07, 6.45) is 42.4. The van der Waals surface area contributed by atoms with Gasteiger partial charge in [-0.15, -0.1) is 0 Å². The zero-order chi connectivity index (χ0) is 39.3. The van der Waals surface area contributed by atoms with Gasteiger partial charge in [0.2, 0.25) is 0 Å². The smallest absolute Gasteiger partial charge is 0.462 e. The number of aliphatic hydroxyl groups excluding tert-OH is 1. The lowest BCUT2D eigenvalue weighted by molar-refractivity contribution is -0.161. The van der Waals surface area contributed by atoms with Crippen LogP contribution >= 0.6 is 7.82 Å². The van der Waals surface area contributed by atoms with Gasteiger partial charge in [0.25, 0.3) is 0 Å². The van der Waals surface area contributed by atoms with Gasteiger partial charge in [0.1, 0.15) is 6.61 Å². The zero-order valence-electron chi connectivity index (χ0n) is 33.2. The van der Waals surface area contributed by atoms with Gasteiger partial charge in [0.15, 0.2) is 6.10 Å². The second-order valence-electron chi connectivity index (χ2n) is 13.9. The Morgan fingerprint density at radius 2 is 1.09 bits per heavy atom. The van der Waals surface area contributed by atoms with Crippen molar-refractivity contribution in [1.82, 2.24) is 0 Å². The molecule has 0 aliphatic rings. The number of phosphoric acid groups is 1. The van der Waals surface area contributed by atoms with E-state index in [9.17, 15) is 19.3 Å². The van der Waals surface area contributed by atoms with Crippen LogP contribution in [0.2, 0.25) is 0 Å². The van der Waals surface area contributed by atoms with Crippen LogP contribution in [0.5, 0.6) is 0 Å². The van der Waals surface area contributed by atoms with E-state index in [0.29, 0.717) is 6.42 Å². The van der Waals surface area contributed by atoms with E-state index in [2.05, 4.69) is 73.9 Å². The summed E-state index contributed by atoms with van der Waals surface area (Å²) in [6, 6.07) is 0. The van der Waals surface area contributed by atoms with Crippen molar-refractivity contribution in [2.75, 3.05) is 13.2 Å². The van der Waals surface area contributed by atoms with Crippen LogP contribution < -0.4 is 0 Å². The van der Waals surface area contributed by atoms with Crippen LogP contribution in [0, 0.1) is 5.92 Å². The average molecular weight is 765 g/mol. The minimum Gasteiger partial charge on any atom is -0.462 e. The fourth-order valence-corrected chi connectivity index (χ4v) is 5.62. The van der Waals surface area contributed by atoms with Crippen LogP contribution in [-0.4, -0.2) is 52.3 Å². The quantitative estimate of drug-likeness (QED) is 0.0189. The lowest BCUT2D eigenvalue weighted by atomic mass is 10.0. The molecule has 0 radical (unpaired) electrons. The highest BCUT2D eigenvalue weighted by molar-refractivity contribution is 7.46. The molecule has 0 aromatic heterocycles. The number of unbranched alkanes of at least 4 members (excludes halogenated alkanes) is 11. The van der Waals surface area contributed by atoms with Gasteiger partial charge in [-0.2, -0.15) is 0 Å². The largest absolute Gasteiger partial charge is 0.469 e. The van der Waals surface area contributed by atoms with E-state index in [0.717, 1.165) is 57.3 Å². The first-order valence-corrected chi connectivity index (χ1v) is 21.7. The van der Waals surface area contributed by atoms with Crippen molar-refractivity contribution in [1.29, 1.82) is 0 Å². The number of hydrogen-bond donors (Lipinski definition) is 3. The van der Waals surface area contributed by atoms with Crippen molar-refractivity contribution >= 4 is 19.8 Å². The number of hydrogen-bond acceptors (Lipinski definition) is 7. The van der Waals surface area contributed by atoms with E-state index in [-0.39, 0.29) is 25.9 Å². The zero-order valence-corrected chi connectivity index (χ0v) is 34.1. The number of allylic oxidation sites excluding steroid dienone is 11. The van der Waals surface area contributed by atoms with Gasteiger partial charge >= 0.3 is 19.8 Å². The molecule has 1 unspecified atom stereocenters. The number of aliphatic hydroxyl groups is 1. The first-order chi connectivity index (χ1) is 25.5. The SMILES string of the molecule is CC/C=C\C/C=C\C/C=C\C/C=C\C/C=C\C=C/C(O)CCC(=O)O[C@H](COC(=O)CCCCCCCCCCCCCCC(C)C)COP(=O)(O)O. The normalized spacial score (nSPS) is 13.9. The summed E-state index contributed by atoms with van der Waals surface area (Å²) in [4.78, 5) is 42.8. The summed E-state index contributed by atoms with van der Waals surface area (Å²) >= 11 is 0. The molecular formula is C43H73O9P. The maximum Gasteiger partial charge on any atom is 0.469 e. The molecule has 0 rings (SSSR count). The van der Waals surface area contributed by atoms with Gasteiger partial charge in [-0.1, -0.05) is 171 Å². The maximum absolute atomic E-state index is 12.4. The first kappa shape index (κ1) is 50.5. The Balaban J connectivity index is 4.20. The van der Waals surface area contributed by atoms with E-state index >= 15 is 0 Å². The molecule has 0 heterocycles. The molecule has 0 fully saturated rings. The molecule has 0 aliphatic heterocycles. The van der Waals surface area contributed by atoms with Crippen LogP contribution in [0.15, 0.2) is 72.9 Å². The standard InChI is InChI=1S/C43H73O9P/c1-4-5-6-7-8-9-10-11-12-13-14-18-21-24-27-30-33-40(44)35-36-43(46)52-41(38-51-53(47,48)49)37-50-42(45)34-31-28-25-22-19-16-15-17-20-23-26-29-32-39(2)3/h5-6,8-9,11-12,14,18,24,27,30,33,39-41,44H,4,7,10,13,15-17,19-23,25-26,28-29,31-32,34-38H2,1-3H3,(H2,47,48,49)/b6-5-,9-8-,12-11-,18-14-,27-24-,33-30-/t40?,41-/m1/s1. The number of carbonyl (C=O) groups excluding carboxylic acids is 2. The summed E-state index contributed by atoms with van der Waals surface area (Å²) in [5, 5.41) is 10.2. The van der Waals surface area contributed by atoms with Gasteiger partial charge in [-0.25, -0.2) is 4.57 Å². The third-order valence-corrected chi connectivity index (χ3v) is 8.77. The lowest BCUT2D eigenvalue weighted by Gasteiger charge is -2.18. The number of esters is 2. The molecule has 2 atom stereocenters. The van der Waals surface area contributed by atoms with E-state index in [1.807, 2.05) is 12.2 Å². The number of rotatable bonds is 35. The summed E-state index contributed by atoms with van der Waals surface area (Å²) in [5.74, 6) is -0.364. The number of ether oxygens (including phenoxy) is 2. The summed E-state index contributed by atoms with van der Waals surface area (Å²) in [5.41, 5.74) is 0. The molecule has 0 amide bonds. The molecule has 0 bridgehead atoms. The lowest BCUT2D eigenvalue weighted by Crippen LogP contribution is -2.29. The Hall–Kier alpha value is -2.55. The Kier molecular flexibility index (Phi) is 34.7. The molecule has 0 saturated heterocycles. The highest BCUT2D eigenvalue weighted by Crippen LogP contribution is 2.36. The molecule has 0 spiro atoms. The van der Waals surface area contributed by atoms with Crippen molar-refractivity contribution in [3.63, 3.8) is 0 Å². The number of carbonyl (C=O) groups is 2. The van der Waals surface area contributed by atoms with Crippen molar-refractivity contribution < 1.29 is 43.0 Å². The summed E-state index contributed by atoms with van der Waals surface area (Å²) in [6.45, 7) is 5.68. The second-order valence-corrected chi connectivity index (χ2v) is 15.2.